The van der Waals surface area contributed by atoms with Crippen LogP contribution >= 0.6 is 15.9 Å². The molecule has 2 rings (SSSR count). The fourth-order valence-corrected chi connectivity index (χ4v) is 3.05. The third kappa shape index (κ3) is 2.56. The van der Waals surface area contributed by atoms with Crippen molar-refractivity contribution in [3.05, 3.63) is 33.8 Å². The van der Waals surface area contributed by atoms with Crippen LogP contribution in [0.25, 0.3) is 0 Å². The van der Waals surface area contributed by atoms with E-state index >= 15 is 0 Å². The molecule has 1 aromatic carbocycles. The Kier molecular flexibility index (Phi) is 3.91. The van der Waals surface area contributed by atoms with Gasteiger partial charge in [-0.15, -0.1) is 0 Å². The van der Waals surface area contributed by atoms with Gasteiger partial charge in [0.05, 0.1) is 6.04 Å². The van der Waals surface area contributed by atoms with E-state index in [0.29, 0.717) is 12.1 Å². The van der Waals surface area contributed by atoms with Crippen LogP contribution in [0, 0.1) is 6.92 Å². The first-order chi connectivity index (χ1) is 8.00. The molecular formula is C14H21BrN2. The Labute approximate surface area is 112 Å². The molecule has 2 nitrogen and oxygen atoms in total. The van der Waals surface area contributed by atoms with Gasteiger partial charge in [-0.25, -0.2) is 0 Å². The predicted molar refractivity (Wildman–Crippen MR) is 76.1 cm³/mol. The van der Waals surface area contributed by atoms with Crippen LogP contribution in [0.2, 0.25) is 0 Å². The van der Waals surface area contributed by atoms with E-state index in [1.165, 1.54) is 15.6 Å². The van der Waals surface area contributed by atoms with E-state index in [4.69, 9.17) is 5.73 Å². The van der Waals surface area contributed by atoms with E-state index < -0.39 is 0 Å². The van der Waals surface area contributed by atoms with Crippen LogP contribution in [0.15, 0.2) is 22.7 Å². The zero-order valence-electron chi connectivity index (χ0n) is 10.8. The normalized spacial score (nSPS) is 25.8. The van der Waals surface area contributed by atoms with E-state index in [0.717, 1.165) is 13.0 Å². The molecule has 0 aromatic heterocycles. The molecule has 1 aliphatic rings. The van der Waals surface area contributed by atoms with E-state index in [1.807, 2.05) is 0 Å². The second kappa shape index (κ2) is 5.09. The second-order valence-electron chi connectivity index (χ2n) is 5.24. The van der Waals surface area contributed by atoms with Crippen LogP contribution in [0.1, 0.15) is 37.4 Å². The summed E-state index contributed by atoms with van der Waals surface area (Å²) in [4.78, 5) is 2.50. The maximum Gasteiger partial charge on any atom is 0.0502 e. The lowest BCUT2D eigenvalue weighted by atomic mass is 9.99. The lowest BCUT2D eigenvalue weighted by Gasteiger charge is -2.30. The van der Waals surface area contributed by atoms with Gasteiger partial charge >= 0.3 is 0 Å². The van der Waals surface area contributed by atoms with Gasteiger partial charge in [-0.05, 0) is 44.4 Å². The Bertz CT molecular complexity index is 403. The summed E-state index contributed by atoms with van der Waals surface area (Å²) in [7, 11) is 0. The van der Waals surface area contributed by atoms with Crippen molar-refractivity contribution in [2.24, 2.45) is 5.73 Å². The van der Waals surface area contributed by atoms with E-state index in [1.54, 1.807) is 0 Å². The fraction of sp³-hybridized carbons (Fsp3) is 0.571. The van der Waals surface area contributed by atoms with Gasteiger partial charge < -0.3 is 5.73 Å². The van der Waals surface area contributed by atoms with Crippen LogP contribution in [-0.2, 0) is 0 Å². The average molecular weight is 297 g/mol. The van der Waals surface area contributed by atoms with E-state index in [9.17, 15) is 0 Å². The molecule has 94 valence electrons. The summed E-state index contributed by atoms with van der Waals surface area (Å²) >= 11 is 3.61. The molecule has 0 saturated carbocycles. The lowest BCUT2D eigenvalue weighted by Crippen LogP contribution is -2.35. The fourth-order valence-electron chi connectivity index (χ4n) is 2.65. The largest absolute Gasteiger partial charge is 0.326 e. The molecule has 1 saturated heterocycles. The van der Waals surface area contributed by atoms with Gasteiger partial charge in [-0.3, -0.25) is 4.90 Å². The first-order valence-corrected chi connectivity index (χ1v) is 7.07. The second-order valence-corrected chi connectivity index (χ2v) is 6.09. The maximum atomic E-state index is 6.27. The highest BCUT2D eigenvalue weighted by Crippen LogP contribution is 2.34. The van der Waals surface area contributed by atoms with Crippen LogP contribution in [0.5, 0.6) is 0 Å². The summed E-state index contributed by atoms with van der Waals surface area (Å²) in [6.07, 6.45) is 1.09. The molecule has 0 radical (unpaired) electrons. The topological polar surface area (TPSA) is 29.3 Å². The average Bonchev–Trinajstić information content (AvgIpc) is 2.64. The summed E-state index contributed by atoms with van der Waals surface area (Å²) < 4.78 is 1.18. The van der Waals surface area contributed by atoms with E-state index in [2.05, 4.69) is 59.8 Å². The Hall–Kier alpha value is -0.380. The van der Waals surface area contributed by atoms with Crippen LogP contribution < -0.4 is 5.73 Å². The number of likely N-dealkylation sites (tertiary alicyclic amines) is 1. The molecule has 17 heavy (non-hydrogen) atoms. The number of nitrogens with two attached hydrogens (primary N) is 1. The predicted octanol–water partition coefficient (Wildman–Crippen LogP) is 3.24. The van der Waals surface area contributed by atoms with Gasteiger partial charge in [0.1, 0.15) is 0 Å². The van der Waals surface area contributed by atoms with Crippen molar-refractivity contribution in [1.29, 1.82) is 0 Å². The molecule has 0 amide bonds. The van der Waals surface area contributed by atoms with Crippen molar-refractivity contribution in [3.63, 3.8) is 0 Å². The smallest absolute Gasteiger partial charge is 0.0502 e. The number of aryl methyl sites for hydroxylation is 1. The summed E-state index contributed by atoms with van der Waals surface area (Å²) in [5, 5.41) is 0. The number of nitrogens with zero attached hydrogens (tertiary/aromatic N) is 1. The number of hydrogen-bond donors (Lipinski definition) is 1. The van der Waals surface area contributed by atoms with Crippen molar-refractivity contribution >= 4 is 15.9 Å². The molecule has 0 bridgehead atoms. The SMILES string of the molecule is Cc1ccc(C2C(N)CCN2C(C)C)cc1Br. The molecular weight excluding hydrogens is 276 g/mol. The minimum absolute atomic E-state index is 0.256. The highest BCUT2D eigenvalue weighted by atomic mass is 79.9. The monoisotopic (exact) mass is 296 g/mol. The molecule has 1 aromatic rings. The zero-order chi connectivity index (χ0) is 12.6. The van der Waals surface area contributed by atoms with Crippen molar-refractivity contribution < 1.29 is 0 Å². The van der Waals surface area contributed by atoms with Gasteiger partial charge in [0.25, 0.3) is 0 Å². The Balaban J connectivity index is 2.33. The Morgan fingerprint density at radius 3 is 2.71 bits per heavy atom. The van der Waals surface area contributed by atoms with Gasteiger partial charge in [0.2, 0.25) is 0 Å². The highest BCUT2D eigenvalue weighted by Gasteiger charge is 2.34. The minimum atomic E-state index is 0.256. The maximum absolute atomic E-state index is 6.27. The molecule has 0 spiro atoms. The van der Waals surface area contributed by atoms with Gasteiger partial charge in [0, 0.05) is 23.1 Å². The molecule has 3 heteroatoms. The summed E-state index contributed by atoms with van der Waals surface area (Å²) in [6.45, 7) is 7.71. The molecule has 1 heterocycles. The molecule has 0 aliphatic carbocycles. The van der Waals surface area contributed by atoms with Crippen LogP contribution in [0.4, 0.5) is 0 Å². The quantitative estimate of drug-likeness (QED) is 0.908. The van der Waals surface area contributed by atoms with Gasteiger partial charge in [-0.2, -0.15) is 0 Å². The van der Waals surface area contributed by atoms with Crippen LogP contribution in [-0.4, -0.2) is 23.5 Å². The molecule has 1 aliphatic heterocycles. The van der Waals surface area contributed by atoms with Crippen molar-refractivity contribution in [1.82, 2.24) is 4.90 Å². The third-order valence-electron chi connectivity index (χ3n) is 3.68. The van der Waals surface area contributed by atoms with Gasteiger partial charge in [-0.1, -0.05) is 28.1 Å². The Morgan fingerprint density at radius 1 is 1.41 bits per heavy atom. The third-order valence-corrected chi connectivity index (χ3v) is 4.54. The summed E-state index contributed by atoms with van der Waals surface area (Å²) in [6, 6.07) is 7.78. The lowest BCUT2D eigenvalue weighted by molar-refractivity contribution is 0.198. The zero-order valence-corrected chi connectivity index (χ0v) is 12.4. The number of halogens is 1. The Morgan fingerprint density at radius 2 is 2.12 bits per heavy atom. The van der Waals surface area contributed by atoms with Gasteiger partial charge in [0.15, 0.2) is 0 Å². The molecule has 2 atom stereocenters. The van der Waals surface area contributed by atoms with Crippen molar-refractivity contribution in [2.75, 3.05) is 6.54 Å². The van der Waals surface area contributed by atoms with Crippen molar-refractivity contribution in [2.45, 2.75) is 45.3 Å². The molecule has 1 fully saturated rings. The summed E-state index contributed by atoms with van der Waals surface area (Å²) in [5.74, 6) is 0. The molecule has 2 unspecified atom stereocenters. The number of benzene rings is 1. The van der Waals surface area contributed by atoms with E-state index in [-0.39, 0.29) is 6.04 Å². The van der Waals surface area contributed by atoms with Crippen LogP contribution in [0.3, 0.4) is 0 Å². The standard InChI is InChI=1S/C14H21BrN2/c1-9(2)17-7-6-13(16)14(17)11-5-4-10(3)12(15)8-11/h4-5,8-9,13-14H,6-7,16H2,1-3H3. The summed E-state index contributed by atoms with van der Waals surface area (Å²) in [5.41, 5.74) is 8.88. The highest BCUT2D eigenvalue weighted by molar-refractivity contribution is 9.10. The first-order valence-electron chi connectivity index (χ1n) is 6.28. The number of hydrogen-bond acceptors (Lipinski definition) is 2. The molecule has 2 N–H and O–H groups in total. The first kappa shape index (κ1) is 13.1. The van der Waals surface area contributed by atoms with Crippen molar-refractivity contribution in [3.8, 4) is 0 Å². The minimum Gasteiger partial charge on any atom is -0.326 e. The number of rotatable bonds is 2.